The summed E-state index contributed by atoms with van der Waals surface area (Å²) in [5.74, 6) is 0. The van der Waals surface area contributed by atoms with Gasteiger partial charge in [0.1, 0.15) is 26.4 Å². The van der Waals surface area contributed by atoms with Gasteiger partial charge in [-0.05, 0) is 25.3 Å². The molecule has 0 spiro atoms. The van der Waals surface area contributed by atoms with Crippen molar-refractivity contribution in [3.63, 3.8) is 0 Å². The molecule has 0 aromatic rings. The summed E-state index contributed by atoms with van der Waals surface area (Å²) in [5.41, 5.74) is 0. The molecule has 20 heavy (non-hydrogen) atoms. The molecule has 4 nitrogen and oxygen atoms in total. The molecule has 0 saturated carbocycles. The monoisotopic (exact) mass is 486 g/mol. The van der Waals surface area contributed by atoms with Crippen molar-refractivity contribution in [1.82, 2.24) is 0 Å². The minimum atomic E-state index is 0.814. The zero-order chi connectivity index (χ0) is 15.4. The van der Waals surface area contributed by atoms with Crippen molar-refractivity contribution in [3.05, 3.63) is 0 Å². The van der Waals surface area contributed by atoms with Crippen LogP contribution in [0.1, 0.15) is 0 Å². The number of nitrogens with zero attached hydrogens (tertiary/aromatic N) is 2. The van der Waals surface area contributed by atoms with E-state index in [-0.39, 0.29) is 0 Å². The molecule has 116 valence electrons. The molecule has 2 aliphatic rings. The van der Waals surface area contributed by atoms with E-state index in [9.17, 15) is 0 Å². The van der Waals surface area contributed by atoms with E-state index in [4.69, 9.17) is 9.47 Å². The van der Waals surface area contributed by atoms with Crippen LogP contribution in [0, 0.1) is 0 Å². The molecule has 2 aliphatic heterocycles. The maximum absolute atomic E-state index is 5.14. The van der Waals surface area contributed by atoms with Crippen LogP contribution < -0.4 is 0 Å². The second-order valence-corrected chi connectivity index (χ2v) is 6.48. The Morgan fingerprint density at radius 2 is 1.05 bits per heavy atom. The van der Waals surface area contributed by atoms with Crippen LogP contribution in [0.3, 0.4) is 0 Å². The van der Waals surface area contributed by atoms with Crippen LogP contribution in [-0.4, -0.2) is 92.4 Å². The Labute approximate surface area is 160 Å². The van der Waals surface area contributed by atoms with Gasteiger partial charge in [0.05, 0.1) is 25.3 Å². The van der Waals surface area contributed by atoms with Gasteiger partial charge >= 0.3 is 39.5 Å². The molecule has 0 aromatic heterocycles. The van der Waals surface area contributed by atoms with Crippen molar-refractivity contribution < 1.29 is 18.6 Å². The van der Waals surface area contributed by atoms with Crippen molar-refractivity contribution >= 4 is 90.0 Å². The zero-order valence-electron chi connectivity index (χ0n) is 11.1. The van der Waals surface area contributed by atoms with Gasteiger partial charge in [-0.1, -0.05) is 0 Å². The number of hydrogen-bond acceptors (Lipinski definition) is 2. The van der Waals surface area contributed by atoms with E-state index in [2.05, 4.69) is 68.5 Å². The van der Waals surface area contributed by atoms with Gasteiger partial charge in [-0.2, -0.15) is 9.15 Å². The average Bonchev–Trinajstić information content (AvgIpc) is 2.51. The number of halogens is 1. The first-order chi connectivity index (χ1) is 9.61. The Morgan fingerprint density at radius 1 is 0.800 bits per heavy atom. The molecule has 10 heteroatoms. The number of hydrogen-bond donors (Lipinski definition) is 2. The van der Waals surface area contributed by atoms with E-state index in [1.165, 1.54) is 21.9 Å². The third-order valence-corrected chi connectivity index (χ3v) is 3.82. The zero-order valence-corrected chi connectivity index (χ0v) is 18.2. The third-order valence-electron chi connectivity index (χ3n) is 2.62. The van der Waals surface area contributed by atoms with Crippen LogP contribution in [0.2, 0.25) is 0 Å². The van der Waals surface area contributed by atoms with Crippen LogP contribution in [-0.2, 0) is 34.7 Å². The van der Waals surface area contributed by atoms with Gasteiger partial charge in [-0.25, -0.2) is 0 Å². The Hall–Kier alpha value is 1.77. The molecule has 2 fully saturated rings. The summed E-state index contributed by atoms with van der Waals surface area (Å²) < 4.78 is 16.3. The Kier molecular flexibility index (Phi) is 15.6. The molecule has 2 heterocycles. The van der Waals surface area contributed by atoms with Crippen molar-refractivity contribution in [1.29, 1.82) is 0 Å². The Bertz CT molecular complexity index is 289. The van der Waals surface area contributed by atoms with Crippen molar-refractivity contribution in [2.75, 3.05) is 52.6 Å². The first-order valence-corrected chi connectivity index (χ1v) is 11.1. The SMILES string of the molecule is SC([SH2+])=[N+]1CCOCC1.SC([SH2+])=[N+]1CCOCC1.[Cl][Sb]. The summed E-state index contributed by atoms with van der Waals surface area (Å²) in [7, 11) is 4.69. The molecule has 0 N–H and O–H groups in total. The molecule has 0 bridgehead atoms. The van der Waals surface area contributed by atoms with Crippen LogP contribution >= 0.6 is 34.1 Å². The van der Waals surface area contributed by atoms with E-state index in [1.807, 2.05) is 0 Å². The van der Waals surface area contributed by atoms with Crippen molar-refractivity contribution in [3.8, 4) is 0 Å². The standard InChI is InChI=1S/2C5H9NOS2.ClH.Sb/c2*8-5(9)6-1-3-7-4-2-6;;/h2*1-4H2,(H,8,9);1H;/q;;;+1/p+3. The molecular weight excluding hydrogens is 466 g/mol. The van der Waals surface area contributed by atoms with Crippen molar-refractivity contribution in [2.45, 2.75) is 0 Å². The molecule has 0 amide bonds. The summed E-state index contributed by atoms with van der Waals surface area (Å²) in [6, 6.07) is 0. The minimum absolute atomic E-state index is 0.814. The van der Waals surface area contributed by atoms with Crippen LogP contribution in [0.15, 0.2) is 0 Å². The second-order valence-electron chi connectivity index (χ2n) is 3.85. The number of thiol groups is 2. The summed E-state index contributed by atoms with van der Waals surface area (Å²) in [6.07, 6.45) is 0. The average molecular weight is 488 g/mol. The Morgan fingerprint density at radius 3 is 1.20 bits per heavy atom. The van der Waals surface area contributed by atoms with Gasteiger partial charge in [0.15, 0.2) is 26.2 Å². The van der Waals surface area contributed by atoms with Crippen LogP contribution in [0.4, 0.5) is 0 Å². The van der Waals surface area contributed by atoms with Gasteiger partial charge in [0, 0.05) is 0 Å². The summed E-state index contributed by atoms with van der Waals surface area (Å²) in [5, 5.41) is 0. The van der Waals surface area contributed by atoms with Crippen LogP contribution in [0.25, 0.3) is 0 Å². The second kappa shape index (κ2) is 14.4. The van der Waals surface area contributed by atoms with Crippen molar-refractivity contribution in [2.24, 2.45) is 0 Å². The fourth-order valence-electron chi connectivity index (χ4n) is 1.55. The van der Waals surface area contributed by atoms with E-state index in [0.717, 1.165) is 61.4 Å². The van der Waals surface area contributed by atoms with E-state index in [1.54, 1.807) is 0 Å². The van der Waals surface area contributed by atoms with E-state index < -0.39 is 0 Å². The first kappa shape index (κ1) is 21.8. The molecule has 2 saturated heterocycles. The fraction of sp³-hybridized carbons (Fsp3) is 0.800. The van der Waals surface area contributed by atoms with Gasteiger partial charge in [-0.15, -0.1) is 0 Å². The quantitative estimate of drug-likeness (QED) is 0.150. The number of rotatable bonds is 0. The molecule has 0 atom stereocenters. The molecule has 0 aromatic carbocycles. The van der Waals surface area contributed by atoms with E-state index in [0.29, 0.717) is 0 Å². The Balaban J connectivity index is 0.000000321. The predicted molar refractivity (Wildman–Crippen MR) is 102 cm³/mol. The predicted octanol–water partition coefficient (Wildman–Crippen LogP) is -1.04. The number of ether oxygens (including phenoxy) is 2. The molecule has 0 aliphatic carbocycles. The maximum atomic E-state index is 5.14. The summed E-state index contributed by atoms with van der Waals surface area (Å²) in [6.45, 7) is 7.04. The topological polar surface area (TPSA) is 24.5 Å². The van der Waals surface area contributed by atoms with Gasteiger partial charge in [-0.3, -0.25) is 0 Å². The first-order valence-electron chi connectivity index (χ1n) is 5.98. The third kappa shape index (κ3) is 10.5. The number of morpholine rings is 2. The fourth-order valence-corrected chi connectivity index (χ4v) is 2.40. The molecule has 0 unspecified atom stereocenters. The molecule has 2 rings (SSSR count). The normalized spacial score (nSPS) is 18.3. The molecular formula is C10H22ClN2O2S4Sb+4. The summed E-state index contributed by atoms with van der Waals surface area (Å²) >= 11 is 16.2. The van der Waals surface area contributed by atoms with E-state index >= 15 is 0 Å². The van der Waals surface area contributed by atoms with Gasteiger partial charge in [0.2, 0.25) is 0 Å². The molecule has 2 radical (unpaired) electrons. The van der Waals surface area contributed by atoms with Gasteiger partial charge in [0.25, 0.3) is 0 Å². The van der Waals surface area contributed by atoms with Gasteiger partial charge < -0.3 is 9.47 Å². The summed E-state index contributed by atoms with van der Waals surface area (Å²) in [4.78, 5) is 0. The van der Waals surface area contributed by atoms with Crippen LogP contribution in [0.5, 0.6) is 0 Å².